The standard InChI is InChI=1S/C11H14BrNO4S/c1-17-11(14)7-13-18(15,16)8-10-4-2-9(6-12)3-5-10/h2-5,13H,6-8H2,1H3. The third-order valence-corrected chi connectivity index (χ3v) is 4.14. The SMILES string of the molecule is COC(=O)CNS(=O)(=O)Cc1ccc(CBr)cc1. The van der Waals surface area contributed by atoms with Crippen molar-refractivity contribution >= 4 is 31.9 Å². The van der Waals surface area contributed by atoms with Crippen LogP contribution in [0.2, 0.25) is 0 Å². The van der Waals surface area contributed by atoms with E-state index in [0.717, 1.165) is 10.9 Å². The van der Waals surface area contributed by atoms with Gasteiger partial charge >= 0.3 is 5.97 Å². The first-order chi connectivity index (χ1) is 8.46. The Morgan fingerprint density at radius 3 is 2.33 bits per heavy atom. The number of halogens is 1. The highest BCUT2D eigenvalue weighted by Crippen LogP contribution is 2.10. The van der Waals surface area contributed by atoms with Gasteiger partial charge in [0.25, 0.3) is 0 Å². The molecule has 0 bridgehead atoms. The molecule has 0 aliphatic rings. The van der Waals surface area contributed by atoms with Gasteiger partial charge in [0.05, 0.1) is 12.9 Å². The van der Waals surface area contributed by atoms with Crippen LogP contribution >= 0.6 is 15.9 Å². The summed E-state index contributed by atoms with van der Waals surface area (Å²) in [7, 11) is -2.32. The second-order valence-electron chi connectivity index (χ2n) is 3.61. The van der Waals surface area contributed by atoms with Crippen molar-refractivity contribution in [2.24, 2.45) is 0 Å². The molecule has 5 nitrogen and oxygen atoms in total. The zero-order valence-corrected chi connectivity index (χ0v) is 12.3. The summed E-state index contributed by atoms with van der Waals surface area (Å²) in [5, 5.41) is 0.723. The maximum atomic E-state index is 11.6. The summed E-state index contributed by atoms with van der Waals surface area (Å²) in [6.07, 6.45) is 0. The molecule has 0 saturated carbocycles. The van der Waals surface area contributed by atoms with Crippen LogP contribution in [0.25, 0.3) is 0 Å². The first-order valence-electron chi connectivity index (χ1n) is 5.15. The number of hydrogen-bond donors (Lipinski definition) is 1. The third-order valence-electron chi connectivity index (χ3n) is 2.20. The number of ether oxygens (including phenoxy) is 1. The highest BCUT2D eigenvalue weighted by molar-refractivity contribution is 9.08. The molecule has 0 amide bonds. The number of carbonyl (C=O) groups is 1. The van der Waals surface area contributed by atoms with Gasteiger partial charge in [-0.1, -0.05) is 40.2 Å². The van der Waals surface area contributed by atoms with E-state index in [1.54, 1.807) is 12.1 Å². The summed E-state index contributed by atoms with van der Waals surface area (Å²) in [5.41, 5.74) is 1.73. The van der Waals surface area contributed by atoms with Crippen molar-refractivity contribution in [2.45, 2.75) is 11.1 Å². The smallest absolute Gasteiger partial charge is 0.320 e. The number of benzene rings is 1. The van der Waals surface area contributed by atoms with Crippen LogP contribution in [0, 0.1) is 0 Å². The molecule has 0 unspecified atom stereocenters. The molecule has 18 heavy (non-hydrogen) atoms. The summed E-state index contributed by atoms with van der Waals surface area (Å²) >= 11 is 3.31. The molecule has 0 radical (unpaired) electrons. The van der Waals surface area contributed by atoms with Crippen molar-refractivity contribution in [3.63, 3.8) is 0 Å². The number of rotatable bonds is 6. The Morgan fingerprint density at radius 2 is 1.83 bits per heavy atom. The van der Waals surface area contributed by atoms with Crippen LogP contribution in [0.15, 0.2) is 24.3 Å². The Balaban J connectivity index is 2.61. The Hall–Kier alpha value is -0.920. The molecule has 100 valence electrons. The second-order valence-corrected chi connectivity index (χ2v) is 5.97. The monoisotopic (exact) mass is 335 g/mol. The summed E-state index contributed by atoms with van der Waals surface area (Å²) < 4.78 is 29.8. The largest absolute Gasteiger partial charge is 0.468 e. The van der Waals surface area contributed by atoms with Crippen molar-refractivity contribution in [1.82, 2.24) is 4.72 Å². The van der Waals surface area contributed by atoms with E-state index >= 15 is 0 Å². The van der Waals surface area contributed by atoms with Crippen LogP contribution in [-0.4, -0.2) is 28.0 Å². The van der Waals surface area contributed by atoms with E-state index in [-0.39, 0.29) is 12.3 Å². The van der Waals surface area contributed by atoms with E-state index in [2.05, 4.69) is 25.4 Å². The van der Waals surface area contributed by atoms with E-state index in [0.29, 0.717) is 5.56 Å². The van der Waals surface area contributed by atoms with Gasteiger partial charge in [0, 0.05) is 5.33 Å². The number of alkyl halides is 1. The van der Waals surface area contributed by atoms with Gasteiger partial charge in [-0.15, -0.1) is 0 Å². The van der Waals surface area contributed by atoms with E-state index in [9.17, 15) is 13.2 Å². The number of methoxy groups -OCH3 is 1. The molecule has 1 rings (SSSR count). The van der Waals surface area contributed by atoms with Gasteiger partial charge in [-0.05, 0) is 11.1 Å². The number of carbonyl (C=O) groups excluding carboxylic acids is 1. The molecule has 1 aromatic rings. The quantitative estimate of drug-likeness (QED) is 0.625. The molecule has 1 aromatic carbocycles. The molecular formula is C11H14BrNO4S. The lowest BCUT2D eigenvalue weighted by Crippen LogP contribution is -2.31. The van der Waals surface area contributed by atoms with Gasteiger partial charge in [-0.3, -0.25) is 4.79 Å². The molecule has 0 fully saturated rings. The average molecular weight is 336 g/mol. The normalized spacial score (nSPS) is 11.2. The topological polar surface area (TPSA) is 72.5 Å². The van der Waals surface area contributed by atoms with Crippen LogP contribution in [0.5, 0.6) is 0 Å². The van der Waals surface area contributed by atoms with Crippen molar-refractivity contribution in [3.05, 3.63) is 35.4 Å². The van der Waals surface area contributed by atoms with Crippen molar-refractivity contribution in [3.8, 4) is 0 Å². The molecule has 0 atom stereocenters. The second kappa shape index (κ2) is 6.86. The lowest BCUT2D eigenvalue weighted by atomic mass is 10.2. The lowest BCUT2D eigenvalue weighted by molar-refractivity contribution is -0.139. The van der Waals surface area contributed by atoms with Crippen molar-refractivity contribution < 1.29 is 17.9 Å². The molecular weight excluding hydrogens is 322 g/mol. The number of sulfonamides is 1. The summed E-state index contributed by atoms with van der Waals surface area (Å²) in [6.45, 7) is -0.349. The Bertz CT molecular complexity index is 498. The third kappa shape index (κ3) is 5.16. The van der Waals surface area contributed by atoms with Gasteiger partial charge in [0.2, 0.25) is 10.0 Å². The van der Waals surface area contributed by atoms with Crippen LogP contribution in [0.3, 0.4) is 0 Å². The van der Waals surface area contributed by atoms with Gasteiger partial charge in [0.1, 0.15) is 6.54 Å². The maximum Gasteiger partial charge on any atom is 0.320 e. The van der Waals surface area contributed by atoms with E-state index in [1.807, 2.05) is 12.1 Å². The highest BCUT2D eigenvalue weighted by Gasteiger charge is 2.13. The van der Waals surface area contributed by atoms with Crippen LogP contribution in [-0.2, 0) is 30.6 Å². The predicted molar refractivity (Wildman–Crippen MR) is 71.7 cm³/mol. The fourth-order valence-corrected chi connectivity index (χ4v) is 2.68. The molecule has 0 aliphatic carbocycles. The predicted octanol–water partition coefficient (Wildman–Crippen LogP) is 1.17. The maximum absolute atomic E-state index is 11.6. The average Bonchev–Trinajstić information content (AvgIpc) is 2.36. The zero-order chi connectivity index (χ0) is 13.6. The molecule has 0 aromatic heterocycles. The Kier molecular flexibility index (Phi) is 5.77. The fourth-order valence-electron chi connectivity index (χ4n) is 1.24. The summed E-state index contributed by atoms with van der Waals surface area (Å²) in [4.78, 5) is 10.8. The van der Waals surface area contributed by atoms with Crippen molar-refractivity contribution in [2.75, 3.05) is 13.7 Å². The molecule has 0 spiro atoms. The summed E-state index contributed by atoms with van der Waals surface area (Å²) in [6, 6.07) is 7.18. The van der Waals surface area contributed by atoms with Gasteiger partial charge in [-0.25, -0.2) is 13.1 Å². The molecule has 0 saturated heterocycles. The Morgan fingerprint density at radius 1 is 1.28 bits per heavy atom. The number of hydrogen-bond acceptors (Lipinski definition) is 4. The minimum atomic E-state index is -3.52. The molecule has 1 N–H and O–H groups in total. The minimum Gasteiger partial charge on any atom is -0.468 e. The fraction of sp³-hybridized carbons (Fsp3) is 0.364. The first kappa shape index (κ1) is 15.1. The lowest BCUT2D eigenvalue weighted by Gasteiger charge is -2.06. The van der Waals surface area contributed by atoms with Gasteiger partial charge in [0.15, 0.2) is 0 Å². The molecule has 0 aliphatic heterocycles. The molecule has 0 heterocycles. The van der Waals surface area contributed by atoms with Crippen molar-refractivity contribution in [1.29, 1.82) is 0 Å². The minimum absolute atomic E-state index is 0.160. The van der Waals surface area contributed by atoms with E-state index in [1.165, 1.54) is 7.11 Å². The van der Waals surface area contributed by atoms with Gasteiger partial charge in [-0.2, -0.15) is 0 Å². The van der Waals surface area contributed by atoms with Crippen LogP contribution in [0.4, 0.5) is 0 Å². The summed E-state index contributed by atoms with van der Waals surface area (Å²) in [5.74, 6) is -0.778. The number of nitrogens with one attached hydrogen (secondary N) is 1. The van der Waals surface area contributed by atoms with Gasteiger partial charge < -0.3 is 4.74 Å². The van der Waals surface area contributed by atoms with E-state index < -0.39 is 16.0 Å². The Labute approximate surface area is 115 Å². The zero-order valence-electron chi connectivity index (χ0n) is 9.85. The first-order valence-corrected chi connectivity index (χ1v) is 7.92. The van der Waals surface area contributed by atoms with Crippen LogP contribution in [0.1, 0.15) is 11.1 Å². The van der Waals surface area contributed by atoms with E-state index in [4.69, 9.17) is 0 Å². The molecule has 7 heteroatoms. The van der Waals surface area contributed by atoms with Crippen LogP contribution < -0.4 is 4.72 Å². The number of esters is 1. The highest BCUT2D eigenvalue weighted by atomic mass is 79.9.